The second-order valence-electron chi connectivity index (χ2n) is 6.97. The van der Waals surface area contributed by atoms with Crippen LogP contribution in [0.1, 0.15) is 43.9 Å². The summed E-state index contributed by atoms with van der Waals surface area (Å²) in [6.07, 6.45) is -0.492. The molecule has 30 heavy (non-hydrogen) atoms. The first-order chi connectivity index (χ1) is 14.2. The third-order valence-electron chi connectivity index (χ3n) is 4.95. The van der Waals surface area contributed by atoms with Gasteiger partial charge in [0.1, 0.15) is 4.47 Å². The van der Waals surface area contributed by atoms with Crippen LogP contribution in [0.15, 0.2) is 39.6 Å². The van der Waals surface area contributed by atoms with Gasteiger partial charge in [0.25, 0.3) is 5.56 Å². The summed E-state index contributed by atoms with van der Waals surface area (Å²) >= 11 is 3.24. The number of hydrogen-bond donors (Lipinski definition) is 3. The summed E-state index contributed by atoms with van der Waals surface area (Å²) in [7, 11) is 1.56. The number of carbonyl (C=O) groups excluding carboxylic acids is 2. The van der Waals surface area contributed by atoms with Gasteiger partial charge >= 0.3 is 11.9 Å². The number of ether oxygens (including phenoxy) is 1. The van der Waals surface area contributed by atoms with E-state index in [1.54, 1.807) is 44.3 Å². The number of nitrogens with zero attached hydrogens (tertiary/aromatic N) is 1. The Kier molecular flexibility index (Phi) is 7.60. The number of rotatable bonds is 10. The molecule has 0 spiro atoms. The highest BCUT2D eigenvalue weighted by atomic mass is 79.9. The quantitative estimate of drug-likeness (QED) is 0.350. The van der Waals surface area contributed by atoms with Crippen molar-refractivity contribution in [2.75, 3.05) is 0 Å². The maximum Gasteiger partial charge on any atom is 0.333 e. The van der Waals surface area contributed by atoms with Crippen molar-refractivity contribution in [2.24, 2.45) is 7.05 Å². The maximum atomic E-state index is 13.4. The summed E-state index contributed by atoms with van der Waals surface area (Å²) in [5, 5.41) is 14.7. The Morgan fingerprint density at radius 3 is 2.47 bits per heavy atom. The molecule has 3 atom stereocenters. The highest BCUT2D eigenvalue weighted by molar-refractivity contribution is 9.10. The maximum absolute atomic E-state index is 13.4. The van der Waals surface area contributed by atoms with Crippen LogP contribution in [0.4, 0.5) is 0 Å². The lowest BCUT2D eigenvalue weighted by molar-refractivity contribution is -0.162. The first kappa shape index (κ1) is 23.4. The van der Waals surface area contributed by atoms with Crippen molar-refractivity contribution in [3.63, 3.8) is 0 Å². The van der Waals surface area contributed by atoms with Crippen molar-refractivity contribution in [1.29, 1.82) is 0 Å². The Bertz CT molecular complexity index is 971. The minimum Gasteiger partial charge on any atom is -0.481 e. The Balaban J connectivity index is 2.86. The number of amides is 1. The van der Waals surface area contributed by atoms with Gasteiger partial charge in [0.15, 0.2) is 5.54 Å². The van der Waals surface area contributed by atoms with Gasteiger partial charge in [-0.25, -0.2) is 4.79 Å². The molecule has 1 aromatic carbocycles. The number of esters is 1. The van der Waals surface area contributed by atoms with Crippen LogP contribution in [-0.4, -0.2) is 44.9 Å². The number of benzene rings is 1. The lowest BCUT2D eigenvalue weighted by Gasteiger charge is -2.38. The van der Waals surface area contributed by atoms with Gasteiger partial charge in [-0.05, 0) is 34.8 Å². The molecule has 2 rings (SSSR count). The molecular weight excluding hydrogens is 458 g/mol. The number of aliphatic carboxylic acids is 1. The van der Waals surface area contributed by atoms with E-state index in [2.05, 4.69) is 26.3 Å². The monoisotopic (exact) mass is 481 g/mol. The second kappa shape index (κ2) is 9.75. The van der Waals surface area contributed by atoms with Crippen molar-refractivity contribution >= 4 is 34.3 Å². The van der Waals surface area contributed by atoms with Crippen molar-refractivity contribution < 1.29 is 24.2 Å². The molecule has 0 saturated heterocycles. The number of carbonyl (C=O) groups is 3. The fraction of sp³-hybridized carbons (Fsp3) is 0.400. The fourth-order valence-corrected chi connectivity index (χ4v) is 3.95. The summed E-state index contributed by atoms with van der Waals surface area (Å²) in [6.45, 7) is 3.48. The number of hydrogen-bond acceptors (Lipinski definition) is 5. The molecule has 1 aromatic heterocycles. The molecule has 10 heteroatoms. The third kappa shape index (κ3) is 4.64. The average molecular weight is 482 g/mol. The van der Waals surface area contributed by atoms with E-state index in [9.17, 15) is 24.3 Å². The molecular formula is C20H24BrN3O6. The van der Waals surface area contributed by atoms with E-state index < -0.39 is 41.5 Å². The lowest BCUT2D eigenvalue weighted by Crippen LogP contribution is -2.59. The molecule has 3 unspecified atom stereocenters. The van der Waals surface area contributed by atoms with Crippen LogP contribution in [0.3, 0.4) is 0 Å². The molecule has 162 valence electrons. The predicted octanol–water partition coefficient (Wildman–Crippen LogP) is 1.91. The zero-order valence-electron chi connectivity index (χ0n) is 16.8. The van der Waals surface area contributed by atoms with Gasteiger partial charge in [-0.3, -0.25) is 24.2 Å². The number of carboxylic acid groups (broad SMARTS) is 1. The standard InChI is InChI=1S/C20H24BrN3O6/c1-4-12(2)30-19(29)20(22-11-25,10-14(26)27)15(13-8-6-5-7-9-13)17-16(21)18(28)23-24(17)3/h5-9,11-12,15H,4,10H2,1-3H3,(H,22,25)(H,23,28)(H,26,27). The van der Waals surface area contributed by atoms with E-state index in [0.717, 1.165) is 0 Å². The second-order valence-corrected chi connectivity index (χ2v) is 7.76. The molecule has 0 radical (unpaired) electrons. The van der Waals surface area contributed by atoms with Crippen LogP contribution < -0.4 is 10.9 Å². The number of aromatic nitrogens is 2. The minimum absolute atomic E-state index is 0.123. The summed E-state index contributed by atoms with van der Waals surface area (Å²) in [5.74, 6) is -3.27. The lowest BCUT2D eigenvalue weighted by atomic mass is 9.74. The molecule has 0 fully saturated rings. The van der Waals surface area contributed by atoms with Crippen molar-refractivity contribution in [3.05, 3.63) is 56.4 Å². The molecule has 9 nitrogen and oxygen atoms in total. The van der Waals surface area contributed by atoms with Gasteiger partial charge in [-0.1, -0.05) is 37.3 Å². The topological polar surface area (TPSA) is 130 Å². The fourth-order valence-electron chi connectivity index (χ4n) is 3.37. The van der Waals surface area contributed by atoms with Crippen molar-refractivity contribution in [1.82, 2.24) is 15.1 Å². The number of halogens is 1. The number of H-pyrrole nitrogens is 1. The molecule has 1 amide bonds. The zero-order valence-corrected chi connectivity index (χ0v) is 18.4. The molecule has 0 aliphatic heterocycles. The Labute approximate surface area is 181 Å². The minimum atomic E-state index is -2.01. The molecule has 2 aromatic rings. The normalized spacial score (nSPS) is 14.9. The van der Waals surface area contributed by atoms with Crippen molar-refractivity contribution in [2.45, 2.75) is 44.2 Å². The number of carboxylic acids is 1. The number of nitrogens with one attached hydrogen (secondary N) is 2. The van der Waals surface area contributed by atoms with Crippen molar-refractivity contribution in [3.8, 4) is 0 Å². The van der Waals surface area contributed by atoms with Gasteiger partial charge in [0.2, 0.25) is 6.41 Å². The SMILES string of the molecule is CCC(C)OC(=O)C(CC(=O)O)(NC=O)C(c1ccccc1)c1c(Br)c(=O)[nH]n1C. The summed E-state index contributed by atoms with van der Waals surface area (Å²) in [4.78, 5) is 49.1. The Hall–Kier alpha value is -2.88. The van der Waals surface area contributed by atoms with Gasteiger partial charge in [0.05, 0.1) is 24.1 Å². The summed E-state index contributed by atoms with van der Waals surface area (Å²) in [5.41, 5.74) is -1.65. The van der Waals surface area contributed by atoms with Crippen LogP contribution >= 0.6 is 15.9 Å². The largest absolute Gasteiger partial charge is 0.481 e. The van der Waals surface area contributed by atoms with Gasteiger partial charge < -0.3 is 15.2 Å². The highest BCUT2D eigenvalue weighted by Crippen LogP contribution is 2.40. The van der Waals surface area contributed by atoms with E-state index in [0.29, 0.717) is 17.7 Å². The summed E-state index contributed by atoms with van der Waals surface area (Å²) in [6, 6.07) is 8.57. The molecule has 1 heterocycles. The van der Waals surface area contributed by atoms with E-state index in [4.69, 9.17) is 4.74 Å². The Morgan fingerprint density at radius 1 is 1.37 bits per heavy atom. The van der Waals surface area contributed by atoms with Gasteiger partial charge in [-0.2, -0.15) is 0 Å². The van der Waals surface area contributed by atoms with Crippen LogP contribution in [-0.2, 0) is 26.2 Å². The molecule has 3 N–H and O–H groups in total. The third-order valence-corrected chi connectivity index (χ3v) is 5.71. The van der Waals surface area contributed by atoms with Gasteiger partial charge in [-0.15, -0.1) is 0 Å². The van der Waals surface area contributed by atoms with Crippen LogP contribution in [0, 0.1) is 0 Å². The van der Waals surface area contributed by atoms with Crippen LogP contribution in [0.25, 0.3) is 0 Å². The molecule has 0 saturated carbocycles. The molecule has 0 aliphatic carbocycles. The zero-order chi connectivity index (χ0) is 22.5. The molecule has 0 aliphatic rings. The first-order valence-corrected chi connectivity index (χ1v) is 10.1. The van der Waals surface area contributed by atoms with Gasteiger partial charge in [0, 0.05) is 7.05 Å². The van der Waals surface area contributed by atoms with E-state index >= 15 is 0 Å². The van der Waals surface area contributed by atoms with E-state index in [1.807, 2.05) is 6.92 Å². The first-order valence-electron chi connectivity index (χ1n) is 9.31. The predicted molar refractivity (Wildman–Crippen MR) is 112 cm³/mol. The Morgan fingerprint density at radius 2 is 2.00 bits per heavy atom. The average Bonchev–Trinajstić information content (AvgIpc) is 2.94. The highest BCUT2D eigenvalue weighted by Gasteiger charge is 2.52. The number of aromatic amines is 1. The smallest absolute Gasteiger partial charge is 0.333 e. The van der Waals surface area contributed by atoms with E-state index in [-0.39, 0.29) is 10.9 Å². The summed E-state index contributed by atoms with van der Waals surface area (Å²) < 4.78 is 7.01. The van der Waals surface area contributed by atoms with E-state index in [1.165, 1.54) is 4.68 Å². The number of aryl methyl sites for hydroxylation is 1. The molecule has 0 bridgehead atoms. The van der Waals surface area contributed by atoms with Crippen LogP contribution in [0.5, 0.6) is 0 Å². The van der Waals surface area contributed by atoms with Crippen LogP contribution in [0.2, 0.25) is 0 Å².